The second-order valence-corrected chi connectivity index (χ2v) is 10.00. The van der Waals surface area contributed by atoms with Crippen molar-refractivity contribution < 1.29 is 9.53 Å². The molecule has 178 valence electrons. The number of ether oxygens (including phenoxy) is 1. The number of benzene rings is 1. The quantitative estimate of drug-likeness (QED) is 0.555. The van der Waals surface area contributed by atoms with Crippen molar-refractivity contribution in [2.45, 2.75) is 51.8 Å². The number of nitrogens with zero attached hydrogens (tertiary/aromatic N) is 5. The maximum Gasteiger partial charge on any atom is 0.407 e. The van der Waals surface area contributed by atoms with Gasteiger partial charge >= 0.3 is 6.09 Å². The van der Waals surface area contributed by atoms with Crippen LogP contribution in [0.1, 0.15) is 44.7 Å². The average molecular weight is 479 g/mol. The van der Waals surface area contributed by atoms with Crippen molar-refractivity contribution in [3.8, 4) is 6.07 Å². The van der Waals surface area contributed by atoms with E-state index in [0.29, 0.717) is 23.4 Å². The first-order valence-electron chi connectivity index (χ1n) is 11.4. The fraction of sp³-hybridized carbons (Fsp3) is 0.440. The zero-order valence-electron chi connectivity index (χ0n) is 20.0. The summed E-state index contributed by atoms with van der Waals surface area (Å²) in [6.45, 7) is 7.58. The molecule has 3 aromatic rings. The minimum atomic E-state index is -0.537. The minimum absolute atomic E-state index is 0.0220. The Kier molecular flexibility index (Phi) is 6.62. The summed E-state index contributed by atoms with van der Waals surface area (Å²) in [5, 5.41) is 12.6. The lowest BCUT2D eigenvalue weighted by Gasteiger charge is -2.35. The number of carbonyl (C=O) groups excluding carboxylic acids is 1. The van der Waals surface area contributed by atoms with E-state index < -0.39 is 11.7 Å². The summed E-state index contributed by atoms with van der Waals surface area (Å²) in [7, 11) is 1.91. The van der Waals surface area contributed by atoms with Crippen LogP contribution in [0.5, 0.6) is 0 Å². The molecule has 0 aliphatic carbocycles. The van der Waals surface area contributed by atoms with Crippen molar-refractivity contribution in [1.82, 2.24) is 19.4 Å². The molecule has 1 aliphatic rings. The van der Waals surface area contributed by atoms with Gasteiger partial charge in [0.25, 0.3) is 0 Å². The molecular formula is C25H30N6O2S. The zero-order valence-corrected chi connectivity index (χ0v) is 20.9. The monoisotopic (exact) mass is 478 g/mol. The van der Waals surface area contributed by atoms with Gasteiger partial charge in [-0.15, -0.1) is 0 Å². The van der Waals surface area contributed by atoms with Crippen LogP contribution in [0.25, 0.3) is 11.2 Å². The van der Waals surface area contributed by atoms with Crippen LogP contribution in [0.2, 0.25) is 0 Å². The van der Waals surface area contributed by atoms with Crippen LogP contribution in [0.15, 0.2) is 36.5 Å². The highest BCUT2D eigenvalue weighted by atomic mass is 32.1. The summed E-state index contributed by atoms with van der Waals surface area (Å²) in [6, 6.07) is 11.8. The van der Waals surface area contributed by atoms with E-state index in [0.717, 1.165) is 41.8 Å². The molecule has 3 heterocycles. The number of anilines is 1. The molecule has 1 N–H and O–H groups in total. The van der Waals surface area contributed by atoms with Gasteiger partial charge in [-0.3, -0.25) is 0 Å². The molecule has 8 nitrogen and oxygen atoms in total. The molecule has 1 fully saturated rings. The molecule has 0 radical (unpaired) electrons. The maximum atomic E-state index is 12.3. The lowest BCUT2D eigenvalue weighted by atomic mass is 10.0. The number of alkyl carbamates (subject to hydrolysis) is 1. The first kappa shape index (κ1) is 23.8. The smallest absolute Gasteiger partial charge is 0.407 e. The SMILES string of the molecule is Cn1c(=S)n(Cc2ccccc2C#N)c2c(N3CCCC(NC(=O)OC(C)(C)C)C3)ccnc21. The molecule has 1 atom stereocenters. The summed E-state index contributed by atoms with van der Waals surface area (Å²) in [5.74, 6) is 0. The molecule has 1 aliphatic heterocycles. The number of hydrogen-bond donors (Lipinski definition) is 1. The summed E-state index contributed by atoms with van der Waals surface area (Å²) < 4.78 is 10.0. The summed E-state index contributed by atoms with van der Waals surface area (Å²) in [4.78, 5) is 19.2. The Hall–Kier alpha value is -3.38. The molecule has 1 aromatic carbocycles. The van der Waals surface area contributed by atoms with Crippen molar-refractivity contribution in [3.05, 3.63) is 52.4 Å². The number of nitrogens with one attached hydrogen (secondary N) is 1. The maximum absolute atomic E-state index is 12.3. The molecule has 9 heteroatoms. The number of aromatic nitrogens is 3. The van der Waals surface area contributed by atoms with E-state index in [1.807, 2.05) is 67.3 Å². The van der Waals surface area contributed by atoms with Gasteiger partial charge in [-0.1, -0.05) is 18.2 Å². The van der Waals surface area contributed by atoms with Crippen LogP contribution in [-0.4, -0.2) is 44.9 Å². The van der Waals surface area contributed by atoms with Crippen LogP contribution in [0.3, 0.4) is 0 Å². The molecule has 0 saturated carbocycles. The van der Waals surface area contributed by atoms with Crippen LogP contribution in [0.4, 0.5) is 10.5 Å². The van der Waals surface area contributed by atoms with Crippen molar-refractivity contribution in [3.63, 3.8) is 0 Å². The number of carbonyl (C=O) groups is 1. The first-order valence-corrected chi connectivity index (χ1v) is 11.9. The number of piperidine rings is 1. The Bertz CT molecular complexity index is 1310. The molecule has 1 saturated heterocycles. The van der Waals surface area contributed by atoms with Crippen molar-refractivity contribution in [2.24, 2.45) is 7.05 Å². The number of hydrogen-bond acceptors (Lipinski definition) is 6. The topological polar surface area (TPSA) is 88.1 Å². The molecule has 1 amide bonds. The molecule has 0 spiro atoms. The van der Waals surface area contributed by atoms with Crippen molar-refractivity contribution >= 4 is 35.2 Å². The Morgan fingerprint density at radius 3 is 2.82 bits per heavy atom. The highest BCUT2D eigenvalue weighted by molar-refractivity contribution is 7.71. The summed E-state index contributed by atoms with van der Waals surface area (Å²) >= 11 is 5.78. The molecule has 34 heavy (non-hydrogen) atoms. The van der Waals surface area contributed by atoms with Crippen LogP contribution >= 0.6 is 12.2 Å². The Balaban J connectivity index is 1.68. The van der Waals surface area contributed by atoms with E-state index in [-0.39, 0.29) is 6.04 Å². The fourth-order valence-electron chi connectivity index (χ4n) is 4.43. The van der Waals surface area contributed by atoms with E-state index in [2.05, 4.69) is 21.3 Å². The highest BCUT2D eigenvalue weighted by Crippen LogP contribution is 2.30. The van der Waals surface area contributed by atoms with Crippen LogP contribution in [-0.2, 0) is 18.3 Å². The van der Waals surface area contributed by atoms with Gasteiger partial charge in [-0.25, -0.2) is 9.78 Å². The van der Waals surface area contributed by atoms with E-state index in [4.69, 9.17) is 17.0 Å². The van der Waals surface area contributed by atoms with Crippen LogP contribution in [0, 0.1) is 16.1 Å². The lowest BCUT2D eigenvalue weighted by molar-refractivity contribution is 0.0500. The summed E-state index contributed by atoms with van der Waals surface area (Å²) in [5.41, 5.74) is 3.74. The second-order valence-electron chi connectivity index (χ2n) is 9.63. The van der Waals surface area contributed by atoms with E-state index in [1.165, 1.54) is 0 Å². The predicted octanol–water partition coefficient (Wildman–Crippen LogP) is 4.52. The normalized spacial score (nSPS) is 16.3. The fourth-order valence-corrected chi connectivity index (χ4v) is 4.67. The number of pyridine rings is 1. The van der Waals surface area contributed by atoms with Gasteiger partial charge in [0.05, 0.1) is 23.9 Å². The molecule has 0 bridgehead atoms. The Labute approximate surface area is 204 Å². The Morgan fingerprint density at radius 1 is 1.32 bits per heavy atom. The van der Waals surface area contributed by atoms with Gasteiger partial charge in [0.2, 0.25) is 0 Å². The number of nitriles is 1. The Morgan fingerprint density at radius 2 is 2.09 bits per heavy atom. The van der Waals surface area contributed by atoms with Gasteiger partial charge in [0.15, 0.2) is 10.4 Å². The van der Waals surface area contributed by atoms with Crippen molar-refractivity contribution in [1.29, 1.82) is 5.26 Å². The lowest BCUT2D eigenvalue weighted by Crippen LogP contribution is -2.49. The minimum Gasteiger partial charge on any atom is -0.444 e. The van der Waals surface area contributed by atoms with Gasteiger partial charge in [0.1, 0.15) is 11.1 Å². The summed E-state index contributed by atoms with van der Waals surface area (Å²) in [6.07, 6.45) is 3.23. The molecule has 1 unspecified atom stereocenters. The number of rotatable bonds is 4. The molecule has 2 aromatic heterocycles. The highest BCUT2D eigenvalue weighted by Gasteiger charge is 2.26. The van der Waals surface area contributed by atoms with Crippen LogP contribution < -0.4 is 10.2 Å². The third-order valence-electron chi connectivity index (χ3n) is 5.94. The largest absolute Gasteiger partial charge is 0.444 e. The number of imidazole rings is 1. The predicted molar refractivity (Wildman–Crippen MR) is 134 cm³/mol. The van der Waals surface area contributed by atoms with E-state index in [1.54, 1.807) is 6.20 Å². The standard InChI is InChI=1S/C25H30N6O2S/c1-25(2,3)33-23(32)28-19-10-7-13-30(16-19)20-11-12-27-22-21(20)31(24(34)29(22)4)15-18-9-6-5-8-17(18)14-26/h5-6,8-9,11-12,19H,7,10,13,15-16H2,1-4H3,(H,28,32). The van der Waals surface area contributed by atoms with Gasteiger partial charge in [-0.2, -0.15) is 5.26 Å². The van der Waals surface area contributed by atoms with E-state index >= 15 is 0 Å². The number of amides is 1. The second kappa shape index (κ2) is 9.47. The van der Waals surface area contributed by atoms with Gasteiger partial charge in [-0.05, 0) is 63.5 Å². The number of fused-ring (bicyclic) bond motifs is 1. The third kappa shape index (κ3) is 4.92. The van der Waals surface area contributed by atoms with E-state index in [9.17, 15) is 10.1 Å². The number of aryl methyl sites for hydroxylation is 1. The zero-order chi connectivity index (χ0) is 24.5. The molecule has 4 rings (SSSR count). The van der Waals surface area contributed by atoms with Gasteiger partial charge < -0.3 is 24.1 Å². The van der Waals surface area contributed by atoms with Crippen molar-refractivity contribution in [2.75, 3.05) is 18.0 Å². The van der Waals surface area contributed by atoms with Gasteiger partial charge in [0, 0.05) is 32.4 Å². The molecular weight excluding hydrogens is 448 g/mol. The third-order valence-corrected chi connectivity index (χ3v) is 6.43. The first-order chi connectivity index (χ1) is 16.2. The average Bonchev–Trinajstić information content (AvgIpc) is 3.03.